The number of nitro groups is 2. The van der Waals surface area contributed by atoms with Crippen LogP contribution in [-0.2, 0) is 0 Å². The van der Waals surface area contributed by atoms with Crippen LogP contribution in [0.2, 0.25) is 10.0 Å². The van der Waals surface area contributed by atoms with Gasteiger partial charge in [-0.25, -0.2) is 0 Å². The Morgan fingerprint density at radius 1 is 0.812 bits per heavy atom. The van der Waals surface area contributed by atoms with Gasteiger partial charge in [-0.15, -0.1) is 0 Å². The number of amides is 2. The molecule has 168 valence electrons. The molecule has 1 fully saturated rings. The summed E-state index contributed by atoms with van der Waals surface area (Å²) in [5, 5.41) is 21.7. The zero-order valence-electron chi connectivity index (χ0n) is 17.0. The van der Waals surface area contributed by atoms with Gasteiger partial charge in [-0.1, -0.05) is 23.2 Å². The second-order valence-electron chi connectivity index (χ2n) is 7.46. The van der Waals surface area contributed by atoms with Crippen LogP contribution in [0.3, 0.4) is 0 Å². The summed E-state index contributed by atoms with van der Waals surface area (Å²) >= 11 is 12.2. The van der Waals surface area contributed by atoms with Crippen LogP contribution >= 0.6 is 23.2 Å². The molecule has 0 aliphatic carbocycles. The van der Waals surface area contributed by atoms with E-state index in [1.165, 1.54) is 24.3 Å². The van der Waals surface area contributed by atoms with Gasteiger partial charge in [0.25, 0.3) is 23.2 Å². The van der Waals surface area contributed by atoms with Gasteiger partial charge in [0.2, 0.25) is 0 Å². The summed E-state index contributed by atoms with van der Waals surface area (Å²) in [4.78, 5) is 49.8. The lowest BCUT2D eigenvalue weighted by Gasteiger charge is -2.44. The fourth-order valence-corrected chi connectivity index (χ4v) is 4.10. The van der Waals surface area contributed by atoms with E-state index in [0.717, 1.165) is 12.1 Å². The van der Waals surface area contributed by atoms with Crippen LogP contribution in [-0.4, -0.2) is 56.6 Å². The van der Waals surface area contributed by atoms with Crippen LogP contribution in [0.1, 0.15) is 34.6 Å². The fraction of sp³-hybridized carbons (Fsp3) is 0.300. The minimum absolute atomic E-state index is 0.0276. The number of hydrogen-bond acceptors (Lipinski definition) is 6. The van der Waals surface area contributed by atoms with Crippen LogP contribution in [0, 0.1) is 20.2 Å². The number of rotatable bonds is 4. The Morgan fingerprint density at radius 2 is 1.16 bits per heavy atom. The smallest absolute Gasteiger partial charge is 0.270 e. The highest BCUT2D eigenvalue weighted by Gasteiger charge is 2.36. The summed E-state index contributed by atoms with van der Waals surface area (Å²) in [5.74, 6) is -0.797. The van der Waals surface area contributed by atoms with Crippen molar-refractivity contribution in [3.63, 3.8) is 0 Å². The average molecular weight is 481 g/mol. The molecule has 0 saturated carbocycles. The highest BCUT2D eigenvalue weighted by molar-refractivity contribution is 6.34. The van der Waals surface area contributed by atoms with Crippen molar-refractivity contribution in [2.24, 2.45) is 0 Å². The maximum atomic E-state index is 13.0. The number of benzene rings is 2. The van der Waals surface area contributed by atoms with Crippen molar-refractivity contribution in [1.82, 2.24) is 9.80 Å². The Balaban J connectivity index is 1.79. The highest BCUT2D eigenvalue weighted by atomic mass is 35.5. The second kappa shape index (κ2) is 9.09. The van der Waals surface area contributed by atoms with Crippen molar-refractivity contribution in [2.45, 2.75) is 25.9 Å². The van der Waals surface area contributed by atoms with E-state index in [4.69, 9.17) is 23.2 Å². The standard InChI is InChI=1S/C20H18Cl2N4O6/c1-11-9-24(20(28)16-6-4-14(26(31)32)8-18(16)22)12(2)10-23(11)19(27)15-5-3-13(25(29)30)7-17(15)21/h3-8,11-12H,9-10H2,1-2H3. The van der Waals surface area contributed by atoms with Gasteiger partial charge in [-0.05, 0) is 26.0 Å². The number of halogens is 2. The molecule has 2 aromatic carbocycles. The Labute approximate surface area is 192 Å². The number of carbonyl (C=O) groups is 2. The molecule has 1 aliphatic rings. The van der Waals surface area contributed by atoms with Crippen LogP contribution in [0.5, 0.6) is 0 Å². The molecule has 10 nitrogen and oxygen atoms in total. The SMILES string of the molecule is CC1CN(C(=O)c2ccc([N+](=O)[O-])cc2Cl)C(C)CN1C(=O)c1ccc([N+](=O)[O-])cc1Cl. The second-order valence-corrected chi connectivity index (χ2v) is 8.27. The minimum Gasteiger partial charge on any atom is -0.332 e. The molecule has 2 unspecified atom stereocenters. The first kappa shape index (κ1) is 23.4. The highest BCUT2D eigenvalue weighted by Crippen LogP contribution is 2.28. The zero-order valence-corrected chi connectivity index (χ0v) is 18.5. The number of nitro benzene ring substituents is 2. The molecule has 0 aromatic heterocycles. The third-order valence-electron chi connectivity index (χ3n) is 5.30. The Bertz CT molecular complexity index is 1040. The molecule has 1 heterocycles. The van der Waals surface area contributed by atoms with Gasteiger partial charge in [0.05, 0.1) is 31.0 Å². The van der Waals surface area contributed by atoms with E-state index in [9.17, 15) is 29.8 Å². The van der Waals surface area contributed by atoms with Gasteiger partial charge < -0.3 is 9.80 Å². The zero-order chi connectivity index (χ0) is 23.7. The van der Waals surface area contributed by atoms with Gasteiger partial charge in [0, 0.05) is 49.4 Å². The lowest BCUT2D eigenvalue weighted by atomic mass is 10.0. The van der Waals surface area contributed by atoms with E-state index in [-0.39, 0.29) is 57.7 Å². The Morgan fingerprint density at radius 3 is 1.44 bits per heavy atom. The molecule has 2 amide bonds. The molecule has 3 rings (SSSR count). The molecule has 0 N–H and O–H groups in total. The van der Waals surface area contributed by atoms with E-state index in [1.807, 2.05) is 0 Å². The number of piperazine rings is 1. The van der Waals surface area contributed by atoms with Gasteiger partial charge in [0.1, 0.15) is 0 Å². The number of non-ortho nitro benzene ring substituents is 2. The Kier molecular flexibility index (Phi) is 6.65. The van der Waals surface area contributed by atoms with Crippen molar-refractivity contribution in [3.8, 4) is 0 Å². The van der Waals surface area contributed by atoms with Crippen molar-refractivity contribution >= 4 is 46.4 Å². The lowest BCUT2D eigenvalue weighted by Crippen LogP contribution is -2.59. The third-order valence-corrected chi connectivity index (χ3v) is 5.92. The quantitative estimate of drug-likeness (QED) is 0.476. The van der Waals surface area contributed by atoms with Crippen LogP contribution < -0.4 is 0 Å². The first-order valence-electron chi connectivity index (χ1n) is 9.51. The Hall–Kier alpha value is -3.24. The molecular formula is C20H18Cl2N4O6. The molecule has 2 aromatic rings. The first-order chi connectivity index (χ1) is 15.0. The van der Waals surface area contributed by atoms with Crippen molar-refractivity contribution in [2.75, 3.05) is 13.1 Å². The van der Waals surface area contributed by atoms with Crippen molar-refractivity contribution in [3.05, 3.63) is 77.8 Å². The predicted octanol–water partition coefficient (Wildman–Crippen LogP) is 4.19. The first-order valence-corrected chi connectivity index (χ1v) is 10.3. The molecule has 1 aliphatic heterocycles. The number of nitrogens with zero attached hydrogens (tertiary/aromatic N) is 4. The van der Waals surface area contributed by atoms with Gasteiger partial charge in [0.15, 0.2) is 0 Å². The molecule has 0 spiro atoms. The summed E-state index contributed by atoms with van der Waals surface area (Å²) in [5.41, 5.74) is -0.171. The normalized spacial score (nSPS) is 18.4. The summed E-state index contributed by atoms with van der Waals surface area (Å²) < 4.78 is 0. The maximum absolute atomic E-state index is 13.0. The largest absolute Gasteiger partial charge is 0.332 e. The van der Waals surface area contributed by atoms with E-state index in [2.05, 4.69) is 0 Å². The predicted molar refractivity (Wildman–Crippen MR) is 117 cm³/mol. The molecule has 0 radical (unpaired) electrons. The summed E-state index contributed by atoms with van der Waals surface area (Å²) in [6.07, 6.45) is 0. The topological polar surface area (TPSA) is 127 Å². The molecule has 32 heavy (non-hydrogen) atoms. The average Bonchev–Trinajstić information content (AvgIpc) is 2.73. The van der Waals surface area contributed by atoms with E-state index in [1.54, 1.807) is 23.6 Å². The molecular weight excluding hydrogens is 463 g/mol. The third kappa shape index (κ3) is 4.51. The van der Waals surface area contributed by atoms with E-state index >= 15 is 0 Å². The maximum Gasteiger partial charge on any atom is 0.270 e. The van der Waals surface area contributed by atoms with Gasteiger partial charge in [-0.2, -0.15) is 0 Å². The van der Waals surface area contributed by atoms with Crippen LogP contribution in [0.15, 0.2) is 36.4 Å². The minimum atomic E-state index is -0.599. The number of hydrogen-bond donors (Lipinski definition) is 0. The summed E-state index contributed by atoms with van der Waals surface area (Å²) in [6, 6.07) is 6.53. The van der Waals surface area contributed by atoms with Crippen LogP contribution in [0.25, 0.3) is 0 Å². The van der Waals surface area contributed by atoms with E-state index < -0.39 is 21.7 Å². The number of carbonyl (C=O) groups excluding carboxylic acids is 2. The van der Waals surface area contributed by atoms with Crippen LogP contribution in [0.4, 0.5) is 11.4 Å². The lowest BCUT2D eigenvalue weighted by molar-refractivity contribution is -0.385. The fourth-order valence-electron chi connectivity index (χ4n) is 3.58. The van der Waals surface area contributed by atoms with Crippen molar-refractivity contribution < 1.29 is 19.4 Å². The summed E-state index contributed by atoms with van der Waals surface area (Å²) in [7, 11) is 0. The molecule has 0 bridgehead atoms. The van der Waals surface area contributed by atoms with Gasteiger partial charge in [-0.3, -0.25) is 29.8 Å². The van der Waals surface area contributed by atoms with Crippen molar-refractivity contribution in [1.29, 1.82) is 0 Å². The molecule has 12 heteroatoms. The van der Waals surface area contributed by atoms with E-state index in [0.29, 0.717) is 0 Å². The molecule has 1 saturated heterocycles. The molecule has 2 atom stereocenters. The van der Waals surface area contributed by atoms with Gasteiger partial charge >= 0.3 is 0 Å². The monoisotopic (exact) mass is 480 g/mol. The summed E-state index contributed by atoms with van der Waals surface area (Å²) in [6.45, 7) is 3.93.